The number of nitrogens with zero attached hydrogens (tertiary/aromatic N) is 9. The van der Waals surface area contributed by atoms with Crippen LogP contribution in [-0.2, 0) is 41.9 Å². The van der Waals surface area contributed by atoms with E-state index in [0.717, 1.165) is 0 Å². The van der Waals surface area contributed by atoms with Gasteiger partial charge in [-0.15, -0.1) is 6.58 Å². The predicted octanol–water partition coefficient (Wildman–Crippen LogP) is 2.41. The Bertz CT molecular complexity index is 2180. The molecular weight excluding hydrogens is 725 g/mol. The number of aromatic nitrogens is 9. The van der Waals surface area contributed by atoms with Crippen LogP contribution in [0.2, 0.25) is 0 Å². The van der Waals surface area contributed by atoms with Gasteiger partial charge < -0.3 is 43.9 Å². The molecule has 23 heteroatoms. The minimum atomic E-state index is -3.92. The third kappa shape index (κ3) is 6.47. The second kappa shape index (κ2) is 13.0. The van der Waals surface area contributed by atoms with Crippen LogP contribution in [0.5, 0.6) is 5.88 Å². The number of nitrogen functional groups attached to an aromatic ring is 1. The van der Waals surface area contributed by atoms with Crippen molar-refractivity contribution in [2.24, 2.45) is 17.8 Å². The van der Waals surface area contributed by atoms with Gasteiger partial charge in [0.25, 0.3) is 0 Å². The fourth-order valence-corrected chi connectivity index (χ4v) is 7.75. The van der Waals surface area contributed by atoms with Gasteiger partial charge in [-0.2, -0.15) is 4.98 Å². The van der Waals surface area contributed by atoms with E-state index in [9.17, 15) is 19.8 Å². The first-order valence-electron chi connectivity index (χ1n) is 14.6. The summed E-state index contributed by atoms with van der Waals surface area (Å²) < 4.78 is 42.7. The SMILES string of the molecule is C=C[C@H]1[C@@H](F)[C@H](n2cnc3c(N)ncnc32)O[C@@H]1COP(O)(=S)O/C=C/[C@@H]1[C@@H](COP(O)(O)=S)C[C@H]1n1cnc2c(O)nc3nccn3c21. The predicted molar refractivity (Wildman–Crippen MR) is 178 cm³/mol. The fraction of sp³-hybridized carbons (Fsp3) is 0.385. The maximum atomic E-state index is 15.6. The first-order chi connectivity index (χ1) is 23.3. The van der Waals surface area contributed by atoms with E-state index in [2.05, 4.69) is 48.3 Å². The van der Waals surface area contributed by atoms with Crippen LogP contribution in [-0.4, -0.2) is 88.7 Å². The summed E-state index contributed by atoms with van der Waals surface area (Å²) in [6.45, 7) is -4.51. The van der Waals surface area contributed by atoms with Gasteiger partial charge in [0.15, 0.2) is 35.0 Å². The van der Waals surface area contributed by atoms with E-state index in [4.69, 9.17) is 35.8 Å². The molecule has 1 aliphatic heterocycles. The molecule has 0 bridgehead atoms. The van der Waals surface area contributed by atoms with E-state index in [1.807, 2.05) is 4.57 Å². The van der Waals surface area contributed by atoms with E-state index < -0.39 is 37.9 Å². The van der Waals surface area contributed by atoms with Crippen LogP contribution in [0.15, 0.2) is 56.4 Å². The van der Waals surface area contributed by atoms with Crippen LogP contribution in [0.1, 0.15) is 18.7 Å². The molecule has 6 N–H and O–H groups in total. The number of imidazole rings is 3. The number of nitrogens with two attached hydrogens (primary N) is 1. The van der Waals surface area contributed by atoms with Crippen molar-refractivity contribution in [1.82, 2.24) is 43.4 Å². The van der Waals surface area contributed by atoms with Crippen molar-refractivity contribution >= 4 is 71.0 Å². The van der Waals surface area contributed by atoms with Crippen molar-refractivity contribution in [3.05, 3.63) is 56.4 Å². The smallest absolute Gasteiger partial charge is 0.377 e. The van der Waals surface area contributed by atoms with E-state index >= 15 is 4.39 Å². The molecule has 1 aliphatic carbocycles. The molecule has 0 amide bonds. The zero-order valence-electron chi connectivity index (χ0n) is 25.1. The highest BCUT2D eigenvalue weighted by molar-refractivity contribution is 8.07. The van der Waals surface area contributed by atoms with Crippen molar-refractivity contribution in [3.63, 3.8) is 0 Å². The lowest BCUT2D eigenvalue weighted by Crippen LogP contribution is -2.39. The Morgan fingerprint density at radius 2 is 1.84 bits per heavy atom. The van der Waals surface area contributed by atoms with Crippen molar-refractivity contribution in [2.75, 3.05) is 18.9 Å². The topological polar surface area (TPSA) is 235 Å². The quantitative estimate of drug-likeness (QED) is 0.0699. The average Bonchev–Trinajstić information content (AvgIpc) is 3.83. The number of halogens is 1. The molecule has 7 rings (SSSR count). The number of rotatable bonds is 12. The summed E-state index contributed by atoms with van der Waals surface area (Å²) >= 11 is 9.84. The normalized spacial score (nSPS) is 27.2. The highest BCUT2D eigenvalue weighted by Crippen LogP contribution is 2.51. The second-order valence-electron chi connectivity index (χ2n) is 11.4. The van der Waals surface area contributed by atoms with Crippen molar-refractivity contribution in [1.29, 1.82) is 0 Å². The summed E-state index contributed by atoms with van der Waals surface area (Å²) in [5.41, 5.74) is 7.24. The standard InChI is InChI=1S/C26H29FN10O8P2S2/c1-2-14-17(45-25(18(14)27)37-12-32-19-21(28)30-10-31-22(19)37)9-44-47(41,49)42-6-3-15-13(8-43-46(39,40)48)7-16(15)36-11-33-20-23(38)34-26-29-4-5-35(26)24(20)36/h2-6,10-18,25H,1,7-9H2,(H,41,49)(H2,28,30,31)(H,29,34,38)(H2,39,40,48)/b6-3+/t13-,14-,15-,16-,17-,18-,25-,47?/m1/s1. The summed E-state index contributed by atoms with van der Waals surface area (Å²) in [7, 11) is 0. The van der Waals surface area contributed by atoms with Crippen LogP contribution in [0.25, 0.3) is 28.1 Å². The molecule has 0 radical (unpaired) electrons. The summed E-state index contributed by atoms with van der Waals surface area (Å²) in [6.07, 6.45) is 8.48. The zero-order valence-corrected chi connectivity index (χ0v) is 28.5. The van der Waals surface area contributed by atoms with Crippen LogP contribution >= 0.6 is 13.4 Å². The molecule has 49 heavy (non-hydrogen) atoms. The van der Waals surface area contributed by atoms with Gasteiger partial charge in [-0.05, 0) is 30.2 Å². The Balaban J connectivity index is 1.05. The number of fused-ring (bicyclic) bond motifs is 4. The Hall–Kier alpha value is -3.49. The third-order valence-electron chi connectivity index (χ3n) is 8.60. The number of hydrogen-bond acceptors (Lipinski definition) is 14. The Labute approximate surface area is 286 Å². The fourth-order valence-electron chi connectivity index (χ4n) is 6.23. The number of ether oxygens (including phenoxy) is 1. The Morgan fingerprint density at radius 1 is 1.06 bits per heavy atom. The van der Waals surface area contributed by atoms with Crippen molar-refractivity contribution < 1.29 is 42.5 Å². The molecule has 8 atom stereocenters. The molecule has 1 saturated heterocycles. The molecule has 0 spiro atoms. The molecule has 2 aliphatic rings. The molecular formula is C26H29FN10O8P2S2. The molecule has 2 fully saturated rings. The Morgan fingerprint density at radius 3 is 2.61 bits per heavy atom. The number of alkyl halides is 1. The van der Waals surface area contributed by atoms with Gasteiger partial charge in [-0.25, -0.2) is 29.3 Å². The third-order valence-corrected chi connectivity index (χ3v) is 10.8. The van der Waals surface area contributed by atoms with Crippen LogP contribution in [0.4, 0.5) is 10.2 Å². The molecule has 18 nitrogen and oxygen atoms in total. The summed E-state index contributed by atoms with van der Waals surface area (Å²) in [4.78, 5) is 54.9. The lowest BCUT2D eigenvalue weighted by Gasteiger charge is -2.44. The van der Waals surface area contributed by atoms with E-state index in [0.29, 0.717) is 17.6 Å². The van der Waals surface area contributed by atoms with Gasteiger partial charge in [0, 0.05) is 42.1 Å². The average molecular weight is 755 g/mol. The van der Waals surface area contributed by atoms with E-state index in [1.54, 1.807) is 23.0 Å². The Kier molecular flexibility index (Phi) is 9.02. The highest BCUT2D eigenvalue weighted by Gasteiger charge is 2.46. The largest absolute Gasteiger partial charge is 0.492 e. The van der Waals surface area contributed by atoms with E-state index in [-0.39, 0.29) is 59.7 Å². The van der Waals surface area contributed by atoms with Gasteiger partial charge in [-0.3, -0.25) is 13.5 Å². The number of allylic oxidation sites excluding steroid dienone is 1. The van der Waals surface area contributed by atoms with Crippen molar-refractivity contribution in [2.45, 2.75) is 31.0 Å². The lowest BCUT2D eigenvalue weighted by atomic mass is 9.69. The van der Waals surface area contributed by atoms with Gasteiger partial charge in [0.1, 0.15) is 11.8 Å². The van der Waals surface area contributed by atoms with Crippen molar-refractivity contribution in [3.8, 4) is 5.88 Å². The minimum Gasteiger partial charge on any atom is -0.492 e. The van der Waals surface area contributed by atoms with Gasteiger partial charge in [-0.1, -0.05) is 6.08 Å². The first-order valence-corrected chi connectivity index (χ1v) is 19.8. The van der Waals surface area contributed by atoms with Gasteiger partial charge >= 0.3 is 13.4 Å². The second-order valence-corrected chi connectivity index (χ2v) is 16.8. The number of hydrogen-bond donors (Lipinski definition) is 5. The van der Waals surface area contributed by atoms with Crippen LogP contribution in [0.3, 0.4) is 0 Å². The molecule has 5 aromatic heterocycles. The van der Waals surface area contributed by atoms with Crippen LogP contribution in [0, 0.1) is 17.8 Å². The molecule has 1 unspecified atom stereocenters. The van der Waals surface area contributed by atoms with Gasteiger partial charge in [0.2, 0.25) is 11.7 Å². The summed E-state index contributed by atoms with van der Waals surface area (Å²) in [5.74, 6) is -1.34. The van der Waals surface area contributed by atoms with E-state index in [1.165, 1.54) is 35.8 Å². The minimum absolute atomic E-state index is 0.0716. The molecule has 5 aromatic rings. The lowest BCUT2D eigenvalue weighted by molar-refractivity contribution is -0.0346. The zero-order chi connectivity index (χ0) is 34.7. The van der Waals surface area contributed by atoms with Gasteiger partial charge in [0.05, 0.1) is 38.2 Å². The highest BCUT2D eigenvalue weighted by atomic mass is 32.5. The monoisotopic (exact) mass is 754 g/mol. The van der Waals surface area contributed by atoms with Crippen LogP contribution < -0.4 is 5.73 Å². The summed E-state index contributed by atoms with van der Waals surface area (Å²) in [6, 6.07) is -0.280. The first kappa shape index (κ1) is 34.0. The maximum absolute atomic E-state index is 15.6. The maximum Gasteiger partial charge on any atom is 0.377 e. The summed E-state index contributed by atoms with van der Waals surface area (Å²) in [5, 5.41) is 10.4. The molecule has 6 heterocycles. The molecule has 0 aromatic carbocycles. The number of aromatic hydroxyl groups is 1. The molecule has 1 saturated carbocycles. The number of anilines is 1. The molecule has 260 valence electrons.